The predicted molar refractivity (Wildman–Crippen MR) is 73.9 cm³/mol. The van der Waals surface area contributed by atoms with E-state index in [1.54, 1.807) is 11.3 Å². The van der Waals surface area contributed by atoms with E-state index in [9.17, 15) is 0 Å². The van der Waals surface area contributed by atoms with Gasteiger partial charge in [0.05, 0.1) is 6.61 Å². The van der Waals surface area contributed by atoms with Gasteiger partial charge in [0.1, 0.15) is 12.4 Å². The first kappa shape index (κ1) is 13.1. The van der Waals surface area contributed by atoms with Gasteiger partial charge in [-0.25, -0.2) is 0 Å². The lowest BCUT2D eigenvalue weighted by atomic mass is 10.2. The third-order valence-corrected chi connectivity index (χ3v) is 3.38. The Morgan fingerprint density at radius 1 is 1.17 bits per heavy atom. The van der Waals surface area contributed by atoms with Gasteiger partial charge >= 0.3 is 0 Å². The first-order valence-electron chi connectivity index (χ1n) is 5.95. The van der Waals surface area contributed by atoms with Gasteiger partial charge in [0, 0.05) is 23.5 Å². The Bertz CT molecular complexity index is 457. The van der Waals surface area contributed by atoms with Crippen LogP contribution < -0.4 is 10.1 Å². The molecule has 2 aromatic rings. The minimum atomic E-state index is 0.151. The summed E-state index contributed by atoms with van der Waals surface area (Å²) in [5, 5.41) is 14.0. The average Bonchev–Trinajstić information content (AvgIpc) is 2.91. The van der Waals surface area contributed by atoms with Crippen molar-refractivity contribution in [3.05, 3.63) is 52.2 Å². The summed E-state index contributed by atoms with van der Waals surface area (Å²) in [6.45, 7) is 2.06. The summed E-state index contributed by atoms with van der Waals surface area (Å²) in [4.78, 5) is 1.22. The second-order valence-electron chi connectivity index (χ2n) is 3.88. The SMILES string of the molecule is OCCNCc1ccccc1OCc1cccs1. The third-order valence-electron chi connectivity index (χ3n) is 2.53. The molecule has 4 heteroatoms. The Morgan fingerprint density at radius 2 is 2.06 bits per heavy atom. The molecule has 0 aliphatic carbocycles. The largest absolute Gasteiger partial charge is 0.488 e. The number of nitrogens with one attached hydrogen (secondary N) is 1. The fourth-order valence-corrected chi connectivity index (χ4v) is 2.25. The van der Waals surface area contributed by atoms with Crippen LogP contribution in [-0.4, -0.2) is 18.3 Å². The average molecular weight is 263 g/mol. The summed E-state index contributed by atoms with van der Waals surface area (Å²) in [7, 11) is 0. The number of rotatable bonds is 7. The van der Waals surface area contributed by atoms with Crippen molar-refractivity contribution in [1.82, 2.24) is 5.32 Å². The van der Waals surface area contributed by atoms with Crippen molar-refractivity contribution in [1.29, 1.82) is 0 Å². The van der Waals surface area contributed by atoms with E-state index >= 15 is 0 Å². The van der Waals surface area contributed by atoms with Crippen LogP contribution >= 0.6 is 11.3 Å². The van der Waals surface area contributed by atoms with Crippen LogP contribution in [0.2, 0.25) is 0 Å². The van der Waals surface area contributed by atoms with Crippen LogP contribution in [-0.2, 0) is 13.2 Å². The lowest BCUT2D eigenvalue weighted by Crippen LogP contribution is -2.17. The van der Waals surface area contributed by atoms with Crippen LogP contribution in [0.3, 0.4) is 0 Å². The first-order chi connectivity index (χ1) is 8.90. The Kier molecular flexibility index (Phi) is 5.20. The summed E-state index contributed by atoms with van der Waals surface area (Å²) >= 11 is 1.70. The van der Waals surface area contributed by atoms with Gasteiger partial charge < -0.3 is 15.2 Å². The van der Waals surface area contributed by atoms with Crippen LogP contribution in [0.4, 0.5) is 0 Å². The van der Waals surface area contributed by atoms with Crippen LogP contribution in [0.1, 0.15) is 10.4 Å². The Hall–Kier alpha value is -1.36. The number of benzene rings is 1. The van der Waals surface area contributed by atoms with Gasteiger partial charge in [0.2, 0.25) is 0 Å². The highest BCUT2D eigenvalue weighted by molar-refractivity contribution is 7.09. The molecule has 0 fully saturated rings. The molecule has 0 amide bonds. The first-order valence-corrected chi connectivity index (χ1v) is 6.83. The van der Waals surface area contributed by atoms with Crippen molar-refractivity contribution >= 4 is 11.3 Å². The maximum absolute atomic E-state index is 8.75. The number of aliphatic hydroxyl groups excluding tert-OH is 1. The number of hydrogen-bond acceptors (Lipinski definition) is 4. The molecule has 96 valence electrons. The van der Waals surface area contributed by atoms with E-state index < -0.39 is 0 Å². The molecule has 1 aromatic carbocycles. The van der Waals surface area contributed by atoms with E-state index in [-0.39, 0.29) is 6.61 Å². The molecule has 0 unspecified atom stereocenters. The maximum Gasteiger partial charge on any atom is 0.124 e. The molecule has 0 radical (unpaired) electrons. The van der Waals surface area contributed by atoms with E-state index in [2.05, 4.69) is 11.4 Å². The summed E-state index contributed by atoms with van der Waals surface area (Å²) in [5.41, 5.74) is 1.11. The zero-order valence-electron chi connectivity index (χ0n) is 10.1. The lowest BCUT2D eigenvalue weighted by Gasteiger charge is -2.11. The van der Waals surface area contributed by atoms with Crippen LogP contribution in [0.15, 0.2) is 41.8 Å². The number of para-hydroxylation sites is 1. The topological polar surface area (TPSA) is 41.5 Å². The van der Waals surface area contributed by atoms with Crippen molar-refractivity contribution in [3.8, 4) is 5.75 Å². The van der Waals surface area contributed by atoms with Crippen molar-refractivity contribution in [2.75, 3.05) is 13.2 Å². The predicted octanol–water partition coefficient (Wildman–Crippen LogP) is 2.41. The van der Waals surface area contributed by atoms with Gasteiger partial charge in [0.25, 0.3) is 0 Å². The van der Waals surface area contributed by atoms with Crippen molar-refractivity contribution in [3.63, 3.8) is 0 Å². The van der Waals surface area contributed by atoms with E-state index in [1.807, 2.05) is 35.7 Å². The molecule has 0 aliphatic heterocycles. The molecule has 1 heterocycles. The van der Waals surface area contributed by atoms with Gasteiger partial charge in [0.15, 0.2) is 0 Å². The minimum Gasteiger partial charge on any atom is -0.488 e. The van der Waals surface area contributed by atoms with E-state index in [1.165, 1.54) is 4.88 Å². The molecule has 18 heavy (non-hydrogen) atoms. The van der Waals surface area contributed by atoms with Crippen LogP contribution in [0, 0.1) is 0 Å². The highest BCUT2D eigenvalue weighted by Gasteiger charge is 2.03. The van der Waals surface area contributed by atoms with Gasteiger partial charge in [-0.3, -0.25) is 0 Å². The zero-order chi connectivity index (χ0) is 12.6. The number of ether oxygens (including phenoxy) is 1. The molecule has 0 spiro atoms. The van der Waals surface area contributed by atoms with Gasteiger partial charge in [-0.1, -0.05) is 24.3 Å². The smallest absolute Gasteiger partial charge is 0.124 e. The molecule has 0 atom stereocenters. The fraction of sp³-hybridized carbons (Fsp3) is 0.286. The van der Waals surface area contributed by atoms with Gasteiger partial charge in [-0.15, -0.1) is 11.3 Å². The highest BCUT2D eigenvalue weighted by atomic mass is 32.1. The number of hydrogen-bond donors (Lipinski definition) is 2. The molecule has 3 nitrogen and oxygen atoms in total. The molecule has 0 bridgehead atoms. The molecular weight excluding hydrogens is 246 g/mol. The van der Waals surface area contributed by atoms with Crippen LogP contribution in [0.5, 0.6) is 5.75 Å². The van der Waals surface area contributed by atoms with Crippen molar-refractivity contribution in [2.45, 2.75) is 13.2 Å². The lowest BCUT2D eigenvalue weighted by molar-refractivity contribution is 0.288. The minimum absolute atomic E-state index is 0.151. The summed E-state index contributed by atoms with van der Waals surface area (Å²) in [6.07, 6.45) is 0. The molecule has 1 aromatic heterocycles. The quantitative estimate of drug-likeness (QED) is 0.754. The van der Waals surface area contributed by atoms with Gasteiger partial charge in [-0.05, 0) is 17.5 Å². The Morgan fingerprint density at radius 3 is 2.83 bits per heavy atom. The van der Waals surface area contributed by atoms with E-state index in [0.717, 1.165) is 11.3 Å². The zero-order valence-corrected chi connectivity index (χ0v) is 11.0. The van der Waals surface area contributed by atoms with Crippen LogP contribution in [0.25, 0.3) is 0 Å². The molecular formula is C14H17NO2S. The monoisotopic (exact) mass is 263 g/mol. The molecule has 0 saturated carbocycles. The van der Waals surface area contributed by atoms with Crippen molar-refractivity contribution < 1.29 is 9.84 Å². The second-order valence-corrected chi connectivity index (χ2v) is 4.91. The maximum atomic E-state index is 8.75. The highest BCUT2D eigenvalue weighted by Crippen LogP contribution is 2.20. The summed E-state index contributed by atoms with van der Waals surface area (Å²) in [5.74, 6) is 0.899. The summed E-state index contributed by atoms with van der Waals surface area (Å²) in [6, 6.07) is 12.1. The normalized spacial score (nSPS) is 10.5. The van der Waals surface area contributed by atoms with E-state index in [4.69, 9.17) is 9.84 Å². The second kappa shape index (κ2) is 7.16. The standard InChI is InChI=1S/C14H17NO2S/c16-8-7-15-10-12-4-1-2-6-14(12)17-11-13-5-3-9-18-13/h1-6,9,15-16H,7-8,10-11H2. The van der Waals surface area contributed by atoms with Crippen molar-refractivity contribution in [2.24, 2.45) is 0 Å². The molecule has 0 saturated heterocycles. The Balaban J connectivity index is 1.94. The summed E-state index contributed by atoms with van der Waals surface area (Å²) < 4.78 is 5.82. The van der Waals surface area contributed by atoms with Gasteiger partial charge in [-0.2, -0.15) is 0 Å². The molecule has 2 N–H and O–H groups in total. The van der Waals surface area contributed by atoms with E-state index in [0.29, 0.717) is 19.7 Å². The molecule has 0 aliphatic rings. The Labute approximate surface area is 111 Å². The number of thiophene rings is 1. The number of aliphatic hydroxyl groups is 1. The molecule has 2 rings (SSSR count). The third kappa shape index (κ3) is 3.84. The fourth-order valence-electron chi connectivity index (χ4n) is 1.64.